The number of anilines is 2. The Morgan fingerprint density at radius 3 is 2.29 bits per heavy atom. The van der Waals surface area contributed by atoms with Crippen LogP contribution in [0.2, 0.25) is 0 Å². The van der Waals surface area contributed by atoms with Gasteiger partial charge in [-0.2, -0.15) is 0 Å². The summed E-state index contributed by atoms with van der Waals surface area (Å²) in [5.74, 6) is 0.804. The topological polar surface area (TPSA) is 68.3 Å². The van der Waals surface area contributed by atoms with E-state index in [2.05, 4.69) is 10.3 Å². The summed E-state index contributed by atoms with van der Waals surface area (Å²) in [6, 6.07) is 14.3. The summed E-state index contributed by atoms with van der Waals surface area (Å²) >= 11 is 1.49. The van der Waals surface area contributed by atoms with Crippen LogP contribution in [0.5, 0.6) is 5.75 Å². The van der Waals surface area contributed by atoms with Crippen LogP contribution in [0.25, 0.3) is 11.3 Å². The highest BCUT2D eigenvalue weighted by Crippen LogP contribution is 2.28. The Bertz CT molecular complexity index is 931. The van der Waals surface area contributed by atoms with Crippen molar-refractivity contribution in [2.45, 2.75) is 4.90 Å². The summed E-state index contributed by atoms with van der Waals surface area (Å²) < 4.78 is 28.1. The van der Waals surface area contributed by atoms with Crippen LogP contribution in [0.4, 0.5) is 10.8 Å². The van der Waals surface area contributed by atoms with E-state index in [-0.39, 0.29) is 0 Å². The zero-order valence-corrected chi connectivity index (χ0v) is 14.8. The standard InChI is InChI=1S/C17H16N2O3S2/c1-22-14-7-3-12(4-8-14)16-11-23-17(19-16)18-13-5-9-15(10-6-13)24(2,20)21/h3-11H,1-2H3,(H,18,19). The number of rotatable bonds is 5. The van der Waals surface area contributed by atoms with Crippen LogP contribution in [-0.4, -0.2) is 26.8 Å². The highest BCUT2D eigenvalue weighted by molar-refractivity contribution is 7.90. The molecule has 0 aliphatic carbocycles. The second kappa shape index (κ2) is 6.62. The van der Waals surface area contributed by atoms with Crippen molar-refractivity contribution in [1.29, 1.82) is 0 Å². The molecule has 0 bridgehead atoms. The van der Waals surface area contributed by atoms with E-state index >= 15 is 0 Å². The molecule has 0 aliphatic heterocycles. The second-order valence-electron chi connectivity index (χ2n) is 5.19. The molecule has 0 radical (unpaired) electrons. The van der Waals surface area contributed by atoms with Gasteiger partial charge >= 0.3 is 0 Å². The molecule has 7 heteroatoms. The molecular weight excluding hydrogens is 344 g/mol. The Balaban J connectivity index is 1.76. The summed E-state index contributed by atoms with van der Waals surface area (Å²) in [5, 5.41) is 5.89. The van der Waals surface area contributed by atoms with E-state index in [0.717, 1.165) is 27.8 Å². The quantitative estimate of drug-likeness (QED) is 0.746. The van der Waals surface area contributed by atoms with E-state index in [9.17, 15) is 8.42 Å². The Kier molecular flexibility index (Phi) is 4.55. The Hall–Kier alpha value is -2.38. The van der Waals surface area contributed by atoms with Gasteiger partial charge in [-0.15, -0.1) is 11.3 Å². The summed E-state index contributed by atoms with van der Waals surface area (Å²) in [6.07, 6.45) is 1.19. The first-order chi connectivity index (χ1) is 11.5. The van der Waals surface area contributed by atoms with Gasteiger partial charge in [0, 0.05) is 22.9 Å². The predicted octanol–water partition coefficient (Wildman–Crippen LogP) is 3.97. The van der Waals surface area contributed by atoms with Gasteiger partial charge in [0.25, 0.3) is 0 Å². The number of thiazole rings is 1. The smallest absolute Gasteiger partial charge is 0.187 e. The molecule has 0 spiro atoms. The number of hydrogen-bond acceptors (Lipinski definition) is 6. The lowest BCUT2D eigenvalue weighted by Crippen LogP contribution is -1.97. The Morgan fingerprint density at radius 2 is 1.71 bits per heavy atom. The second-order valence-corrected chi connectivity index (χ2v) is 8.06. The van der Waals surface area contributed by atoms with Crippen molar-refractivity contribution in [1.82, 2.24) is 4.98 Å². The van der Waals surface area contributed by atoms with Crippen molar-refractivity contribution < 1.29 is 13.2 Å². The van der Waals surface area contributed by atoms with E-state index in [1.54, 1.807) is 31.4 Å². The van der Waals surface area contributed by atoms with Gasteiger partial charge in [-0.25, -0.2) is 13.4 Å². The molecule has 3 rings (SSSR count). The van der Waals surface area contributed by atoms with Crippen molar-refractivity contribution in [3.63, 3.8) is 0 Å². The fourth-order valence-corrected chi connectivity index (χ4v) is 3.50. The lowest BCUT2D eigenvalue weighted by Gasteiger charge is -2.04. The molecule has 1 heterocycles. The summed E-state index contributed by atoms with van der Waals surface area (Å²) in [7, 11) is -1.55. The molecule has 1 N–H and O–H groups in total. The van der Waals surface area contributed by atoms with Crippen LogP contribution in [0, 0.1) is 0 Å². The molecule has 0 aliphatic rings. The molecule has 3 aromatic rings. The highest BCUT2D eigenvalue weighted by Gasteiger charge is 2.08. The number of nitrogens with zero attached hydrogens (tertiary/aromatic N) is 1. The normalized spacial score (nSPS) is 11.2. The van der Waals surface area contributed by atoms with Gasteiger partial charge in [-0.05, 0) is 48.5 Å². The molecule has 5 nitrogen and oxygen atoms in total. The van der Waals surface area contributed by atoms with Crippen molar-refractivity contribution in [3.8, 4) is 17.0 Å². The number of methoxy groups -OCH3 is 1. The van der Waals surface area contributed by atoms with Crippen molar-refractivity contribution in [2.24, 2.45) is 0 Å². The van der Waals surface area contributed by atoms with E-state index in [1.807, 2.05) is 29.6 Å². The number of sulfone groups is 1. The predicted molar refractivity (Wildman–Crippen MR) is 96.9 cm³/mol. The first-order valence-electron chi connectivity index (χ1n) is 7.13. The maximum atomic E-state index is 11.5. The van der Waals surface area contributed by atoms with Crippen molar-refractivity contribution in [3.05, 3.63) is 53.9 Å². The van der Waals surface area contributed by atoms with E-state index in [4.69, 9.17) is 4.74 Å². The third-order valence-corrected chi connectivity index (χ3v) is 5.31. The molecule has 0 saturated heterocycles. The van der Waals surface area contributed by atoms with Crippen LogP contribution in [0.3, 0.4) is 0 Å². The van der Waals surface area contributed by atoms with Crippen molar-refractivity contribution >= 4 is 32.0 Å². The van der Waals surface area contributed by atoms with Crippen LogP contribution in [0.15, 0.2) is 58.8 Å². The first kappa shape index (κ1) is 16.5. The molecule has 0 fully saturated rings. The fourth-order valence-electron chi connectivity index (χ4n) is 2.13. The van der Waals surface area contributed by atoms with Crippen LogP contribution in [0.1, 0.15) is 0 Å². The van der Waals surface area contributed by atoms with Gasteiger partial charge < -0.3 is 10.1 Å². The molecule has 0 unspecified atom stereocenters. The molecule has 24 heavy (non-hydrogen) atoms. The van der Waals surface area contributed by atoms with Gasteiger partial charge in [-0.1, -0.05) is 0 Å². The minimum Gasteiger partial charge on any atom is -0.497 e. The maximum absolute atomic E-state index is 11.5. The van der Waals surface area contributed by atoms with Crippen LogP contribution in [-0.2, 0) is 9.84 Å². The van der Waals surface area contributed by atoms with Gasteiger partial charge in [0.05, 0.1) is 17.7 Å². The molecule has 0 atom stereocenters. The number of benzene rings is 2. The van der Waals surface area contributed by atoms with E-state index in [0.29, 0.717) is 4.90 Å². The summed E-state index contributed by atoms with van der Waals surface area (Å²) in [5.41, 5.74) is 2.67. The number of ether oxygens (including phenoxy) is 1. The number of hydrogen-bond donors (Lipinski definition) is 1. The average molecular weight is 360 g/mol. The van der Waals surface area contributed by atoms with Gasteiger partial charge in [0.15, 0.2) is 15.0 Å². The molecule has 0 amide bonds. The van der Waals surface area contributed by atoms with Gasteiger partial charge in [-0.3, -0.25) is 0 Å². The Morgan fingerprint density at radius 1 is 1.04 bits per heavy atom. The highest BCUT2D eigenvalue weighted by atomic mass is 32.2. The zero-order chi connectivity index (χ0) is 17.2. The minimum absolute atomic E-state index is 0.297. The monoisotopic (exact) mass is 360 g/mol. The third kappa shape index (κ3) is 3.74. The fraction of sp³-hybridized carbons (Fsp3) is 0.118. The molecule has 2 aromatic carbocycles. The molecule has 0 saturated carbocycles. The first-order valence-corrected chi connectivity index (χ1v) is 9.90. The lowest BCUT2D eigenvalue weighted by atomic mass is 10.2. The molecule has 124 valence electrons. The summed E-state index contributed by atoms with van der Waals surface area (Å²) in [6.45, 7) is 0. The maximum Gasteiger partial charge on any atom is 0.187 e. The van der Waals surface area contributed by atoms with E-state index in [1.165, 1.54) is 17.6 Å². The third-order valence-electron chi connectivity index (χ3n) is 3.42. The van der Waals surface area contributed by atoms with E-state index < -0.39 is 9.84 Å². The zero-order valence-electron chi connectivity index (χ0n) is 13.2. The molecule has 1 aromatic heterocycles. The van der Waals surface area contributed by atoms with Gasteiger partial charge in [0.1, 0.15) is 5.75 Å². The van der Waals surface area contributed by atoms with Gasteiger partial charge in [0.2, 0.25) is 0 Å². The average Bonchev–Trinajstić information content (AvgIpc) is 3.03. The van der Waals surface area contributed by atoms with Crippen LogP contribution >= 0.6 is 11.3 Å². The molecular formula is C17H16N2O3S2. The van der Waals surface area contributed by atoms with Crippen LogP contribution < -0.4 is 10.1 Å². The van der Waals surface area contributed by atoms with Crippen molar-refractivity contribution in [2.75, 3.05) is 18.7 Å². The number of aromatic nitrogens is 1. The summed E-state index contributed by atoms with van der Waals surface area (Å²) in [4.78, 5) is 4.85. The Labute approximate surface area is 144 Å². The minimum atomic E-state index is -3.18. The SMILES string of the molecule is COc1ccc(-c2csc(Nc3ccc(S(C)(=O)=O)cc3)n2)cc1. The largest absolute Gasteiger partial charge is 0.497 e. The lowest BCUT2D eigenvalue weighted by molar-refractivity contribution is 0.415. The number of nitrogens with one attached hydrogen (secondary N) is 1.